The van der Waals surface area contributed by atoms with Crippen molar-refractivity contribution in [1.82, 2.24) is 10.2 Å². The molecule has 0 aliphatic rings. The van der Waals surface area contributed by atoms with Gasteiger partial charge in [-0.1, -0.05) is 66.2 Å². The smallest absolute Gasteiger partial charge is 0.243 e. The van der Waals surface area contributed by atoms with Crippen molar-refractivity contribution in [1.29, 1.82) is 0 Å². The van der Waals surface area contributed by atoms with Gasteiger partial charge >= 0.3 is 0 Å². The van der Waals surface area contributed by atoms with Crippen LogP contribution in [0.1, 0.15) is 42.0 Å². The second kappa shape index (κ2) is 14.3. The molecule has 3 rings (SSSR count). The highest BCUT2D eigenvalue weighted by Gasteiger charge is 2.30. The summed E-state index contributed by atoms with van der Waals surface area (Å²) in [5, 5.41) is 3.42. The first-order valence-electron chi connectivity index (χ1n) is 13.4. The van der Waals surface area contributed by atoms with Gasteiger partial charge in [0.1, 0.15) is 6.04 Å². The van der Waals surface area contributed by atoms with E-state index in [9.17, 15) is 18.0 Å². The van der Waals surface area contributed by atoms with Gasteiger partial charge < -0.3 is 10.2 Å². The monoisotopic (exact) mass is 583 g/mol. The Balaban J connectivity index is 1.88. The zero-order valence-electron chi connectivity index (χ0n) is 23.6. The van der Waals surface area contributed by atoms with Crippen LogP contribution in [0.5, 0.6) is 0 Å². The van der Waals surface area contributed by atoms with Crippen molar-refractivity contribution < 1.29 is 18.0 Å². The molecule has 9 heteroatoms. The number of amides is 2. The third-order valence-corrected chi connectivity index (χ3v) is 8.28. The molecule has 214 valence electrons. The summed E-state index contributed by atoms with van der Waals surface area (Å²) in [6.07, 6.45) is 1.88. The van der Waals surface area contributed by atoms with E-state index in [0.29, 0.717) is 30.1 Å². The molecule has 0 radical (unpaired) electrons. The SMILES string of the molecule is CCNC(=O)[C@@H](Cc1ccccc1)N(Cc1cccc(Cl)c1)C(=O)CCCN(c1cccc(C)c1C)S(C)(=O)=O. The zero-order valence-corrected chi connectivity index (χ0v) is 25.1. The summed E-state index contributed by atoms with van der Waals surface area (Å²) in [5.41, 5.74) is 4.20. The van der Waals surface area contributed by atoms with E-state index in [1.165, 1.54) is 10.6 Å². The van der Waals surface area contributed by atoms with Gasteiger partial charge in [-0.2, -0.15) is 0 Å². The van der Waals surface area contributed by atoms with Crippen LogP contribution in [-0.4, -0.2) is 50.5 Å². The van der Waals surface area contributed by atoms with E-state index < -0.39 is 16.1 Å². The van der Waals surface area contributed by atoms with Crippen molar-refractivity contribution >= 4 is 39.1 Å². The molecule has 2 amide bonds. The van der Waals surface area contributed by atoms with E-state index in [2.05, 4.69) is 5.32 Å². The Morgan fingerprint density at radius 1 is 0.950 bits per heavy atom. The maximum Gasteiger partial charge on any atom is 0.243 e. The number of nitrogens with zero attached hydrogens (tertiary/aromatic N) is 2. The lowest BCUT2D eigenvalue weighted by Gasteiger charge is -2.32. The van der Waals surface area contributed by atoms with Crippen molar-refractivity contribution in [3.05, 3.63) is 100 Å². The number of anilines is 1. The van der Waals surface area contributed by atoms with Crippen LogP contribution in [0, 0.1) is 13.8 Å². The number of rotatable bonds is 13. The van der Waals surface area contributed by atoms with Crippen LogP contribution < -0.4 is 9.62 Å². The van der Waals surface area contributed by atoms with Crippen LogP contribution in [0.2, 0.25) is 5.02 Å². The molecule has 0 heterocycles. The molecule has 1 N–H and O–H groups in total. The summed E-state index contributed by atoms with van der Waals surface area (Å²) in [4.78, 5) is 28.7. The van der Waals surface area contributed by atoms with Crippen LogP contribution in [0.25, 0.3) is 0 Å². The number of sulfonamides is 1. The molecule has 1 atom stereocenters. The number of nitrogens with one attached hydrogen (secondary N) is 1. The topological polar surface area (TPSA) is 86.8 Å². The number of carbonyl (C=O) groups is 2. The molecule has 0 saturated heterocycles. The second-order valence-corrected chi connectivity index (χ2v) is 12.3. The first kappa shape index (κ1) is 31.2. The molecule has 0 saturated carbocycles. The number of benzene rings is 3. The fraction of sp³-hybridized carbons (Fsp3) is 0.355. The molecule has 0 aromatic heterocycles. The lowest BCUT2D eigenvalue weighted by atomic mass is 10.0. The molecular formula is C31H38ClN3O4S. The Morgan fingerprint density at radius 2 is 1.62 bits per heavy atom. The Hall–Kier alpha value is -3.36. The van der Waals surface area contributed by atoms with Crippen molar-refractivity contribution in [2.45, 2.75) is 52.6 Å². The molecule has 3 aromatic rings. The molecule has 0 spiro atoms. The van der Waals surface area contributed by atoms with E-state index in [1.807, 2.05) is 75.4 Å². The van der Waals surface area contributed by atoms with Crippen LogP contribution in [0.4, 0.5) is 5.69 Å². The fourth-order valence-electron chi connectivity index (χ4n) is 4.67. The number of likely N-dealkylation sites (N-methyl/N-ethyl adjacent to an activating group) is 1. The number of aryl methyl sites for hydroxylation is 1. The van der Waals surface area contributed by atoms with Crippen molar-refractivity contribution in [2.24, 2.45) is 0 Å². The minimum atomic E-state index is -3.58. The van der Waals surface area contributed by atoms with E-state index in [0.717, 1.165) is 22.3 Å². The van der Waals surface area contributed by atoms with Crippen molar-refractivity contribution in [3.63, 3.8) is 0 Å². The molecular weight excluding hydrogens is 546 g/mol. The molecule has 40 heavy (non-hydrogen) atoms. The minimum absolute atomic E-state index is 0.0716. The van der Waals surface area contributed by atoms with Gasteiger partial charge in [-0.3, -0.25) is 13.9 Å². The van der Waals surface area contributed by atoms with Gasteiger partial charge in [-0.15, -0.1) is 0 Å². The van der Waals surface area contributed by atoms with Crippen molar-refractivity contribution in [3.8, 4) is 0 Å². The van der Waals surface area contributed by atoms with Gasteiger partial charge in [0.15, 0.2) is 0 Å². The minimum Gasteiger partial charge on any atom is -0.355 e. The van der Waals surface area contributed by atoms with Crippen LogP contribution >= 0.6 is 11.6 Å². The molecule has 0 bridgehead atoms. The molecule has 0 aliphatic carbocycles. The lowest BCUT2D eigenvalue weighted by molar-refractivity contribution is -0.141. The first-order chi connectivity index (χ1) is 19.0. The predicted octanol–water partition coefficient (Wildman–Crippen LogP) is 5.28. The Labute approximate surface area is 243 Å². The van der Waals surface area contributed by atoms with Gasteiger partial charge in [-0.05, 0) is 67.6 Å². The lowest BCUT2D eigenvalue weighted by Crippen LogP contribution is -2.50. The van der Waals surface area contributed by atoms with Crippen LogP contribution in [-0.2, 0) is 32.6 Å². The molecule has 3 aromatic carbocycles. The highest BCUT2D eigenvalue weighted by atomic mass is 35.5. The summed E-state index contributed by atoms with van der Waals surface area (Å²) < 4.78 is 26.8. The first-order valence-corrected chi connectivity index (χ1v) is 15.6. The van der Waals surface area contributed by atoms with Gasteiger partial charge in [0.05, 0.1) is 11.9 Å². The highest BCUT2D eigenvalue weighted by Crippen LogP contribution is 2.26. The van der Waals surface area contributed by atoms with E-state index >= 15 is 0 Å². The average molecular weight is 584 g/mol. The predicted molar refractivity (Wildman–Crippen MR) is 162 cm³/mol. The average Bonchev–Trinajstić information content (AvgIpc) is 2.90. The molecule has 7 nitrogen and oxygen atoms in total. The maximum atomic E-state index is 13.8. The fourth-order valence-corrected chi connectivity index (χ4v) is 5.89. The number of hydrogen-bond donors (Lipinski definition) is 1. The third kappa shape index (κ3) is 8.57. The Kier molecular flexibility index (Phi) is 11.2. The highest BCUT2D eigenvalue weighted by molar-refractivity contribution is 7.92. The van der Waals surface area contributed by atoms with E-state index in [1.54, 1.807) is 23.1 Å². The summed E-state index contributed by atoms with van der Waals surface area (Å²) in [6, 6.07) is 21.6. The third-order valence-electron chi connectivity index (χ3n) is 6.86. The van der Waals surface area contributed by atoms with Gasteiger partial charge in [-0.25, -0.2) is 8.42 Å². The number of carbonyl (C=O) groups excluding carboxylic acids is 2. The standard InChI is InChI=1S/C31H38ClN3O4S/c1-5-33-31(37)29(21-25-13-7-6-8-14-25)34(22-26-15-10-16-27(32)20-26)30(36)18-11-19-35(40(4,38)39)28-17-9-12-23(2)24(28)3/h6-10,12-17,20,29H,5,11,18-19,21-22H2,1-4H3,(H,33,37)/t29-/m1/s1. The quantitative estimate of drug-likeness (QED) is 0.297. The second-order valence-electron chi connectivity index (χ2n) is 9.91. The van der Waals surface area contributed by atoms with Crippen molar-refractivity contribution in [2.75, 3.05) is 23.7 Å². The summed E-state index contributed by atoms with van der Waals surface area (Å²) in [6.45, 7) is 6.44. The zero-order chi connectivity index (χ0) is 29.3. The van der Waals surface area contributed by atoms with E-state index in [-0.39, 0.29) is 31.3 Å². The largest absolute Gasteiger partial charge is 0.355 e. The Morgan fingerprint density at radius 3 is 2.27 bits per heavy atom. The summed E-state index contributed by atoms with van der Waals surface area (Å²) in [7, 11) is -3.58. The van der Waals surface area contributed by atoms with Crippen LogP contribution in [0.3, 0.4) is 0 Å². The number of halogens is 1. The van der Waals surface area contributed by atoms with Gasteiger partial charge in [0.2, 0.25) is 21.8 Å². The summed E-state index contributed by atoms with van der Waals surface area (Å²) >= 11 is 6.23. The Bertz CT molecular complexity index is 1410. The molecule has 0 unspecified atom stereocenters. The maximum absolute atomic E-state index is 13.8. The number of hydrogen-bond acceptors (Lipinski definition) is 4. The molecule has 0 fully saturated rings. The van der Waals surface area contributed by atoms with E-state index in [4.69, 9.17) is 11.6 Å². The van der Waals surface area contributed by atoms with Gasteiger partial charge in [0, 0.05) is 37.5 Å². The normalized spacial score (nSPS) is 12.0. The summed E-state index contributed by atoms with van der Waals surface area (Å²) in [5.74, 6) is -0.476. The molecule has 0 aliphatic heterocycles. The van der Waals surface area contributed by atoms with Gasteiger partial charge in [0.25, 0.3) is 0 Å². The van der Waals surface area contributed by atoms with Crippen LogP contribution in [0.15, 0.2) is 72.8 Å².